The predicted molar refractivity (Wildman–Crippen MR) is 157 cm³/mol. The predicted octanol–water partition coefficient (Wildman–Crippen LogP) is 6.53. The van der Waals surface area contributed by atoms with Crippen LogP contribution in [0.2, 0.25) is 0 Å². The molecule has 1 aliphatic carbocycles. The number of aromatic nitrogens is 1. The molecule has 3 aromatic rings. The highest BCUT2D eigenvalue weighted by Crippen LogP contribution is 2.45. The molecule has 1 atom stereocenters. The van der Waals surface area contributed by atoms with Crippen LogP contribution in [0.25, 0.3) is 5.69 Å². The zero-order valence-electron chi connectivity index (χ0n) is 24.0. The molecule has 0 N–H and O–H groups in total. The number of carbonyl (C=O) groups excluding carboxylic acids is 2. The molecule has 0 radical (unpaired) electrons. The van der Waals surface area contributed by atoms with Gasteiger partial charge in [0.15, 0.2) is 0 Å². The minimum absolute atomic E-state index is 0.0430. The van der Waals surface area contributed by atoms with Crippen LogP contribution in [0.5, 0.6) is 11.5 Å². The molecule has 2 amide bonds. The van der Waals surface area contributed by atoms with Gasteiger partial charge in [-0.1, -0.05) is 51.2 Å². The Morgan fingerprint density at radius 3 is 2.48 bits per heavy atom. The van der Waals surface area contributed by atoms with E-state index in [4.69, 9.17) is 9.47 Å². The maximum Gasteiger partial charge on any atom is 0.247 e. The van der Waals surface area contributed by atoms with E-state index < -0.39 is 6.04 Å². The summed E-state index contributed by atoms with van der Waals surface area (Å²) in [6.07, 6.45) is 10.2. The number of nitrogens with zero attached hydrogens (tertiary/aromatic N) is 3. The van der Waals surface area contributed by atoms with E-state index in [1.54, 1.807) is 19.1 Å². The molecule has 0 bridgehead atoms. The Labute approximate surface area is 237 Å². The summed E-state index contributed by atoms with van der Waals surface area (Å²) in [5, 5.41) is 0. The number of carbonyl (C=O) groups is 2. The highest BCUT2D eigenvalue weighted by atomic mass is 16.5. The van der Waals surface area contributed by atoms with E-state index in [-0.39, 0.29) is 18.4 Å². The molecule has 0 spiro atoms. The summed E-state index contributed by atoms with van der Waals surface area (Å²) in [6.45, 7) is 2.75. The van der Waals surface area contributed by atoms with Crippen molar-refractivity contribution in [1.29, 1.82) is 0 Å². The van der Waals surface area contributed by atoms with Crippen molar-refractivity contribution in [2.24, 2.45) is 5.92 Å². The zero-order chi connectivity index (χ0) is 28.1. The van der Waals surface area contributed by atoms with Crippen LogP contribution in [-0.4, -0.2) is 48.6 Å². The monoisotopic (exact) mass is 543 g/mol. The summed E-state index contributed by atoms with van der Waals surface area (Å²) >= 11 is 0. The minimum atomic E-state index is -0.455. The summed E-state index contributed by atoms with van der Waals surface area (Å²) in [7, 11) is 3.28. The number of hydrogen-bond acceptors (Lipinski definition) is 4. The number of anilines is 1. The quantitative estimate of drug-likeness (QED) is 0.276. The van der Waals surface area contributed by atoms with Crippen molar-refractivity contribution in [3.05, 3.63) is 72.1 Å². The van der Waals surface area contributed by atoms with E-state index in [2.05, 4.69) is 11.5 Å². The molecule has 1 aromatic heterocycles. The van der Waals surface area contributed by atoms with Crippen molar-refractivity contribution in [2.75, 3.05) is 32.2 Å². The van der Waals surface area contributed by atoms with Crippen LogP contribution >= 0.6 is 0 Å². The topological polar surface area (TPSA) is 64.0 Å². The van der Waals surface area contributed by atoms with Gasteiger partial charge in [-0.15, -0.1) is 0 Å². The average Bonchev–Trinajstić information content (AvgIpc) is 3.69. The van der Waals surface area contributed by atoms with Gasteiger partial charge in [-0.3, -0.25) is 14.5 Å². The molecule has 2 aromatic carbocycles. The van der Waals surface area contributed by atoms with Crippen LogP contribution in [0.1, 0.15) is 75.6 Å². The lowest BCUT2D eigenvalue weighted by Gasteiger charge is -2.40. The Balaban J connectivity index is 1.51. The molecule has 1 fully saturated rings. The van der Waals surface area contributed by atoms with Crippen molar-refractivity contribution in [2.45, 2.75) is 64.3 Å². The smallest absolute Gasteiger partial charge is 0.247 e. The third kappa shape index (κ3) is 5.60. The van der Waals surface area contributed by atoms with E-state index in [9.17, 15) is 9.59 Å². The van der Waals surface area contributed by atoms with Gasteiger partial charge in [0.2, 0.25) is 11.8 Å². The van der Waals surface area contributed by atoms with Crippen LogP contribution in [-0.2, 0) is 9.59 Å². The second kappa shape index (κ2) is 12.6. The molecule has 1 unspecified atom stereocenters. The lowest BCUT2D eigenvalue weighted by atomic mass is 9.96. The van der Waals surface area contributed by atoms with Crippen LogP contribution in [0.3, 0.4) is 0 Å². The van der Waals surface area contributed by atoms with Crippen LogP contribution < -0.4 is 14.4 Å². The van der Waals surface area contributed by atoms with Crippen LogP contribution in [0.4, 0.5) is 5.69 Å². The third-order valence-electron chi connectivity index (χ3n) is 8.42. The van der Waals surface area contributed by atoms with Crippen molar-refractivity contribution in [1.82, 2.24) is 9.47 Å². The molecule has 2 aliphatic rings. The fraction of sp³-hybridized carbons (Fsp3) is 0.455. The van der Waals surface area contributed by atoms with E-state index >= 15 is 0 Å². The number of benzene rings is 2. The Kier molecular flexibility index (Phi) is 8.78. The number of rotatable bonds is 11. The molecule has 7 heteroatoms. The maximum atomic E-state index is 14.4. The van der Waals surface area contributed by atoms with Gasteiger partial charge in [0.05, 0.1) is 31.3 Å². The third-order valence-corrected chi connectivity index (χ3v) is 8.42. The second-order valence-electron chi connectivity index (χ2n) is 10.9. The lowest BCUT2D eigenvalue weighted by Crippen LogP contribution is -2.47. The molecule has 2 heterocycles. The number of fused-ring (bicyclic) bond motifs is 3. The number of hydrogen-bond donors (Lipinski definition) is 0. The molecule has 1 saturated carbocycles. The average molecular weight is 544 g/mol. The van der Waals surface area contributed by atoms with Gasteiger partial charge in [-0.05, 0) is 61.2 Å². The van der Waals surface area contributed by atoms with E-state index in [0.29, 0.717) is 30.4 Å². The highest BCUT2D eigenvalue weighted by molar-refractivity contribution is 6.00. The molecule has 0 saturated heterocycles. The first-order valence-corrected chi connectivity index (χ1v) is 14.6. The summed E-state index contributed by atoms with van der Waals surface area (Å²) in [4.78, 5) is 31.5. The number of methoxy groups -OCH3 is 2. The molecule has 5 rings (SSSR count). The molecular weight excluding hydrogens is 502 g/mol. The zero-order valence-corrected chi connectivity index (χ0v) is 24.0. The number of para-hydroxylation sites is 2. The van der Waals surface area contributed by atoms with E-state index in [1.807, 2.05) is 65.7 Å². The Morgan fingerprint density at radius 1 is 0.975 bits per heavy atom. The van der Waals surface area contributed by atoms with Gasteiger partial charge in [0, 0.05) is 24.7 Å². The van der Waals surface area contributed by atoms with Crippen molar-refractivity contribution in [3.63, 3.8) is 0 Å². The standard InChI is InChI=1S/C33H41N3O4/c1-4-5-20-34(31(37)19-16-24-11-6-7-12-24)23-32(38)36-28-14-9-8-13-27(28)35-21-10-15-29(35)33(36)26-22-25(39-2)17-18-30(26)40-3/h8-10,13-15,17-18,21-22,24,33H,4-7,11-12,16,19-20,23H2,1-3H3. The van der Waals surface area contributed by atoms with Crippen molar-refractivity contribution >= 4 is 17.5 Å². The SMILES string of the molecule is CCCCN(CC(=O)N1c2ccccc2-n2cccc2C1c1cc(OC)ccc1OC)C(=O)CCC1CCCC1. The summed E-state index contributed by atoms with van der Waals surface area (Å²) in [6, 6.07) is 17.2. The van der Waals surface area contributed by atoms with Crippen LogP contribution in [0, 0.1) is 5.92 Å². The molecule has 40 heavy (non-hydrogen) atoms. The lowest BCUT2D eigenvalue weighted by molar-refractivity contribution is -0.135. The fourth-order valence-corrected chi connectivity index (χ4v) is 6.27. The first-order valence-electron chi connectivity index (χ1n) is 14.6. The van der Waals surface area contributed by atoms with Gasteiger partial charge in [-0.25, -0.2) is 0 Å². The first kappa shape index (κ1) is 27.8. The fourth-order valence-electron chi connectivity index (χ4n) is 6.27. The van der Waals surface area contributed by atoms with Gasteiger partial charge < -0.3 is 18.9 Å². The van der Waals surface area contributed by atoms with Gasteiger partial charge in [0.1, 0.15) is 24.1 Å². The Hall–Kier alpha value is -3.74. The molecule has 1 aliphatic heterocycles. The minimum Gasteiger partial charge on any atom is -0.497 e. The maximum absolute atomic E-state index is 14.4. The van der Waals surface area contributed by atoms with Crippen molar-refractivity contribution in [3.8, 4) is 17.2 Å². The summed E-state index contributed by atoms with van der Waals surface area (Å²) in [5.74, 6) is 1.97. The van der Waals surface area contributed by atoms with Gasteiger partial charge >= 0.3 is 0 Å². The normalized spacial score (nSPS) is 16.4. The van der Waals surface area contributed by atoms with E-state index in [0.717, 1.165) is 41.9 Å². The number of amides is 2. The molecule has 212 valence electrons. The molecule has 7 nitrogen and oxygen atoms in total. The Morgan fingerprint density at radius 2 is 1.75 bits per heavy atom. The summed E-state index contributed by atoms with van der Waals surface area (Å²) < 4.78 is 13.5. The number of ether oxygens (including phenoxy) is 2. The largest absolute Gasteiger partial charge is 0.497 e. The summed E-state index contributed by atoms with van der Waals surface area (Å²) in [5.41, 5.74) is 3.52. The highest BCUT2D eigenvalue weighted by Gasteiger charge is 2.38. The van der Waals surface area contributed by atoms with Gasteiger partial charge in [0.25, 0.3) is 0 Å². The Bertz CT molecular complexity index is 1330. The number of unbranched alkanes of at least 4 members (excludes halogenated alkanes) is 1. The van der Waals surface area contributed by atoms with Crippen molar-refractivity contribution < 1.29 is 19.1 Å². The first-order chi connectivity index (χ1) is 19.5. The van der Waals surface area contributed by atoms with E-state index in [1.165, 1.54) is 25.7 Å². The molecular formula is C33H41N3O4. The second-order valence-corrected chi connectivity index (χ2v) is 10.9. The van der Waals surface area contributed by atoms with Crippen LogP contribution in [0.15, 0.2) is 60.8 Å². The van der Waals surface area contributed by atoms with Gasteiger partial charge in [-0.2, -0.15) is 0 Å².